The molecule has 2 saturated carbocycles. The Morgan fingerprint density at radius 2 is 1.88 bits per heavy atom. The Labute approximate surface area is 230 Å². The standard InChI is InChI=1S/C29H32F5N5O/c1-37-11-13-38(14-12-37)9-2-10-39(27(40)36-21-5-6-24(30)22(16-21)29(32,33)34)26-7-8-28(17-23(26)28)20-4-3-19(18-35)25(31)15-20/h3-6,15-16,23,26H,2,7-14,17H2,1H3,(H,36,40)/t23-,26-,28-/m1/s1. The zero-order valence-corrected chi connectivity index (χ0v) is 22.3. The first-order valence-electron chi connectivity index (χ1n) is 13.6. The first kappa shape index (κ1) is 28.3. The maximum absolute atomic E-state index is 14.4. The van der Waals surface area contributed by atoms with Gasteiger partial charge < -0.3 is 20.0 Å². The highest BCUT2D eigenvalue weighted by atomic mass is 19.4. The van der Waals surface area contributed by atoms with Crippen molar-refractivity contribution in [1.82, 2.24) is 14.7 Å². The molecule has 1 heterocycles. The van der Waals surface area contributed by atoms with Crippen molar-refractivity contribution in [1.29, 1.82) is 5.26 Å². The quantitative estimate of drug-likeness (QED) is 0.457. The third-order valence-corrected chi connectivity index (χ3v) is 8.80. The topological polar surface area (TPSA) is 62.6 Å². The molecule has 0 spiro atoms. The summed E-state index contributed by atoms with van der Waals surface area (Å²) in [6.45, 7) is 4.98. The van der Waals surface area contributed by atoms with E-state index in [2.05, 4.69) is 22.2 Å². The number of carbonyl (C=O) groups is 1. The summed E-state index contributed by atoms with van der Waals surface area (Å²) in [5.41, 5.74) is -1.06. The molecule has 1 aliphatic heterocycles. The van der Waals surface area contributed by atoms with Gasteiger partial charge in [-0.25, -0.2) is 13.6 Å². The van der Waals surface area contributed by atoms with Crippen molar-refractivity contribution in [3.05, 3.63) is 64.7 Å². The molecule has 2 aromatic carbocycles. The summed E-state index contributed by atoms with van der Waals surface area (Å²) >= 11 is 0. The minimum absolute atomic E-state index is 0.0191. The Hall–Kier alpha value is -3.23. The number of urea groups is 1. The first-order valence-corrected chi connectivity index (χ1v) is 13.6. The highest BCUT2D eigenvalue weighted by Crippen LogP contribution is 2.65. The van der Waals surface area contributed by atoms with E-state index in [1.165, 1.54) is 12.1 Å². The Morgan fingerprint density at radius 1 is 1.12 bits per heavy atom. The van der Waals surface area contributed by atoms with Crippen molar-refractivity contribution in [3.8, 4) is 6.07 Å². The monoisotopic (exact) mass is 561 g/mol. The lowest BCUT2D eigenvalue weighted by Gasteiger charge is -2.34. The van der Waals surface area contributed by atoms with Crippen molar-refractivity contribution in [2.75, 3.05) is 51.6 Å². The van der Waals surface area contributed by atoms with E-state index in [0.29, 0.717) is 31.5 Å². The fourth-order valence-electron chi connectivity index (χ4n) is 6.47. The molecule has 0 bridgehead atoms. The van der Waals surface area contributed by atoms with Crippen LogP contribution in [0.4, 0.5) is 32.4 Å². The molecule has 3 fully saturated rings. The van der Waals surface area contributed by atoms with E-state index >= 15 is 0 Å². The number of hydrogen-bond donors (Lipinski definition) is 1. The van der Waals surface area contributed by atoms with Crippen LogP contribution in [0.1, 0.15) is 42.4 Å². The predicted molar refractivity (Wildman–Crippen MR) is 140 cm³/mol. The lowest BCUT2D eigenvalue weighted by molar-refractivity contribution is -0.139. The average Bonchev–Trinajstić information content (AvgIpc) is 3.54. The number of likely N-dealkylation sites (N-methyl/N-ethyl adjacent to an activating group) is 1. The Bertz CT molecular complexity index is 1300. The van der Waals surface area contributed by atoms with Gasteiger partial charge in [0.25, 0.3) is 0 Å². The zero-order valence-electron chi connectivity index (χ0n) is 22.3. The maximum Gasteiger partial charge on any atom is 0.419 e. The van der Waals surface area contributed by atoms with Gasteiger partial charge in [-0.15, -0.1) is 0 Å². The number of piperazine rings is 1. The number of fused-ring (bicyclic) bond motifs is 1. The Balaban J connectivity index is 1.33. The molecular weight excluding hydrogens is 529 g/mol. The number of nitriles is 1. The summed E-state index contributed by atoms with van der Waals surface area (Å²) in [6.07, 6.45) is -2.02. The number of rotatable bonds is 7. The fraction of sp³-hybridized carbons (Fsp3) is 0.517. The lowest BCUT2D eigenvalue weighted by Crippen LogP contribution is -2.47. The number of anilines is 1. The van der Waals surface area contributed by atoms with Gasteiger partial charge in [0.1, 0.15) is 17.7 Å². The molecule has 3 atom stereocenters. The Kier molecular flexibility index (Phi) is 7.77. The van der Waals surface area contributed by atoms with Gasteiger partial charge in [0, 0.05) is 49.9 Å². The SMILES string of the molecule is CN1CCN(CCCN(C(=O)Nc2ccc(F)c(C(F)(F)F)c2)[C@@H]2CC[C@]3(c4ccc(C#N)c(F)c4)C[C@H]23)CC1. The van der Waals surface area contributed by atoms with E-state index in [9.17, 15) is 26.7 Å². The van der Waals surface area contributed by atoms with Crippen molar-refractivity contribution in [2.45, 2.75) is 43.3 Å². The summed E-state index contributed by atoms with van der Waals surface area (Å²) < 4.78 is 68.0. The molecule has 3 aliphatic rings. The van der Waals surface area contributed by atoms with Crippen LogP contribution in [0, 0.1) is 28.9 Å². The summed E-state index contributed by atoms with van der Waals surface area (Å²) in [5, 5.41) is 11.7. The average molecular weight is 562 g/mol. The molecule has 2 aliphatic carbocycles. The van der Waals surface area contributed by atoms with Gasteiger partial charge in [0.2, 0.25) is 0 Å². The lowest BCUT2D eigenvalue weighted by atomic mass is 9.92. The number of benzene rings is 2. The van der Waals surface area contributed by atoms with E-state index in [0.717, 1.165) is 57.2 Å². The van der Waals surface area contributed by atoms with Crippen LogP contribution >= 0.6 is 0 Å². The molecule has 11 heteroatoms. The highest BCUT2D eigenvalue weighted by molar-refractivity contribution is 5.89. The van der Waals surface area contributed by atoms with Crippen molar-refractivity contribution in [3.63, 3.8) is 0 Å². The minimum Gasteiger partial charge on any atom is -0.321 e. The van der Waals surface area contributed by atoms with E-state index in [-0.39, 0.29) is 28.6 Å². The molecular formula is C29H32F5N5O. The second-order valence-corrected chi connectivity index (χ2v) is 11.2. The summed E-state index contributed by atoms with van der Waals surface area (Å²) in [7, 11) is 2.07. The number of hydrogen-bond acceptors (Lipinski definition) is 4. The van der Waals surface area contributed by atoms with Crippen LogP contribution in [0.15, 0.2) is 36.4 Å². The number of halogens is 5. The second kappa shape index (κ2) is 11.0. The molecule has 0 unspecified atom stereocenters. The largest absolute Gasteiger partial charge is 0.419 e. The molecule has 0 aromatic heterocycles. The van der Waals surface area contributed by atoms with Gasteiger partial charge >= 0.3 is 12.2 Å². The molecule has 0 radical (unpaired) electrons. The van der Waals surface area contributed by atoms with Crippen LogP contribution < -0.4 is 5.32 Å². The summed E-state index contributed by atoms with van der Waals surface area (Å²) in [6, 6.07) is 8.25. The smallest absolute Gasteiger partial charge is 0.321 e. The van der Waals surface area contributed by atoms with Gasteiger partial charge in [-0.3, -0.25) is 0 Å². The zero-order chi connectivity index (χ0) is 28.7. The predicted octanol–water partition coefficient (Wildman–Crippen LogP) is 5.45. The molecule has 2 amide bonds. The first-order chi connectivity index (χ1) is 19.0. The molecule has 40 heavy (non-hydrogen) atoms. The molecule has 1 N–H and O–H groups in total. The van der Waals surface area contributed by atoms with E-state index < -0.39 is 29.4 Å². The fourth-order valence-corrected chi connectivity index (χ4v) is 6.47. The van der Waals surface area contributed by atoms with Crippen LogP contribution in [0.5, 0.6) is 0 Å². The number of nitrogens with zero attached hydrogens (tertiary/aromatic N) is 4. The van der Waals surface area contributed by atoms with Gasteiger partial charge in [0.15, 0.2) is 0 Å². The minimum atomic E-state index is -4.89. The molecule has 6 nitrogen and oxygen atoms in total. The van der Waals surface area contributed by atoms with Gasteiger partial charge in [-0.2, -0.15) is 18.4 Å². The van der Waals surface area contributed by atoms with Crippen LogP contribution in [-0.4, -0.2) is 73.1 Å². The number of nitrogens with one attached hydrogen (secondary N) is 1. The molecule has 214 valence electrons. The third-order valence-electron chi connectivity index (χ3n) is 8.80. The Morgan fingerprint density at radius 3 is 2.52 bits per heavy atom. The third kappa shape index (κ3) is 5.65. The normalized spacial score (nSPS) is 24.8. The number of alkyl halides is 3. The van der Waals surface area contributed by atoms with Crippen molar-refractivity contribution in [2.24, 2.45) is 5.92 Å². The van der Waals surface area contributed by atoms with E-state index in [4.69, 9.17) is 5.26 Å². The molecule has 5 rings (SSSR count). The van der Waals surface area contributed by atoms with Crippen LogP contribution in [-0.2, 0) is 11.6 Å². The van der Waals surface area contributed by atoms with Crippen molar-refractivity contribution < 1.29 is 26.7 Å². The van der Waals surface area contributed by atoms with Gasteiger partial charge in [-0.05, 0) is 81.1 Å². The second-order valence-electron chi connectivity index (χ2n) is 11.2. The van der Waals surface area contributed by atoms with Crippen LogP contribution in [0.2, 0.25) is 0 Å². The van der Waals surface area contributed by atoms with Crippen molar-refractivity contribution >= 4 is 11.7 Å². The van der Waals surface area contributed by atoms with Crippen LogP contribution in [0.25, 0.3) is 0 Å². The molecule has 2 aromatic rings. The molecule has 1 saturated heterocycles. The van der Waals surface area contributed by atoms with E-state index in [1.807, 2.05) is 6.07 Å². The summed E-state index contributed by atoms with van der Waals surface area (Å²) in [4.78, 5) is 19.8. The van der Waals surface area contributed by atoms with Gasteiger partial charge in [-0.1, -0.05) is 6.07 Å². The highest BCUT2D eigenvalue weighted by Gasteiger charge is 2.64. The van der Waals surface area contributed by atoms with Gasteiger partial charge in [0.05, 0.1) is 11.1 Å². The summed E-state index contributed by atoms with van der Waals surface area (Å²) in [5.74, 6) is -1.89. The maximum atomic E-state index is 14.4. The van der Waals surface area contributed by atoms with E-state index in [1.54, 1.807) is 11.0 Å². The number of carbonyl (C=O) groups excluding carboxylic acids is 1. The van der Waals surface area contributed by atoms with Crippen LogP contribution in [0.3, 0.4) is 0 Å². The number of amides is 2.